The second-order valence-electron chi connectivity index (χ2n) is 4.96. The first-order chi connectivity index (χ1) is 7.72. The molecule has 0 aromatic heterocycles. The number of carbonyl (C=O) groups is 1. The Morgan fingerprint density at radius 2 is 2.19 bits per heavy atom. The van der Waals surface area contributed by atoms with Crippen molar-refractivity contribution >= 4 is 6.03 Å². The van der Waals surface area contributed by atoms with E-state index in [2.05, 4.69) is 5.32 Å². The van der Waals surface area contributed by atoms with E-state index in [0.29, 0.717) is 6.04 Å². The maximum Gasteiger partial charge on any atom is 0.317 e. The van der Waals surface area contributed by atoms with Crippen LogP contribution in [-0.4, -0.2) is 40.8 Å². The summed E-state index contributed by atoms with van der Waals surface area (Å²) in [6, 6.07) is 0.450. The van der Waals surface area contributed by atoms with Crippen LogP contribution in [0.15, 0.2) is 0 Å². The molecule has 1 saturated heterocycles. The van der Waals surface area contributed by atoms with E-state index in [1.54, 1.807) is 0 Å². The van der Waals surface area contributed by atoms with Crippen LogP contribution in [0.5, 0.6) is 0 Å². The largest absolute Gasteiger partial charge is 0.391 e. The van der Waals surface area contributed by atoms with Crippen LogP contribution in [0.1, 0.15) is 45.4 Å². The number of nitrogens with one attached hydrogen (secondary N) is 1. The van der Waals surface area contributed by atoms with Gasteiger partial charge in [0.05, 0.1) is 12.1 Å². The second-order valence-corrected chi connectivity index (χ2v) is 4.96. The summed E-state index contributed by atoms with van der Waals surface area (Å²) in [7, 11) is 0. The first-order valence-electron chi connectivity index (χ1n) is 6.47. The first-order valence-corrected chi connectivity index (χ1v) is 6.47. The van der Waals surface area contributed by atoms with Crippen LogP contribution in [0.2, 0.25) is 0 Å². The zero-order chi connectivity index (χ0) is 11.5. The summed E-state index contributed by atoms with van der Waals surface area (Å²) in [6.07, 6.45) is 5.69. The molecular formula is C12H22N2O2. The molecule has 0 bridgehead atoms. The van der Waals surface area contributed by atoms with Gasteiger partial charge in [-0.3, -0.25) is 0 Å². The number of nitrogens with zero attached hydrogens (tertiary/aromatic N) is 1. The van der Waals surface area contributed by atoms with E-state index in [-0.39, 0.29) is 18.2 Å². The van der Waals surface area contributed by atoms with Gasteiger partial charge in [-0.05, 0) is 38.5 Å². The van der Waals surface area contributed by atoms with Gasteiger partial charge in [0.25, 0.3) is 0 Å². The first kappa shape index (κ1) is 11.7. The molecule has 0 aromatic carbocycles. The van der Waals surface area contributed by atoms with Gasteiger partial charge >= 0.3 is 6.03 Å². The number of likely N-dealkylation sites (tertiary alicyclic amines) is 1. The molecular weight excluding hydrogens is 204 g/mol. The highest BCUT2D eigenvalue weighted by molar-refractivity contribution is 5.75. The van der Waals surface area contributed by atoms with Crippen LogP contribution >= 0.6 is 0 Å². The Kier molecular flexibility index (Phi) is 3.69. The molecule has 0 spiro atoms. The summed E-state index contributed by atoms with van der Waals surface area (Å²) >= 11 is 0. The second kappa shape index (κ2) is 5.04. The normalized spacial score (nSPS) is 27.6. The van der Waals surface area contributed by atoms with E-state index < -0.39 is 0 Å². The number of hydrogen-bond donors (Lipinski definition) is 2. The number of rotatable bonds is 3. The number of carbonyl (C=O) groups excluding carboxylic acids is 1. The van der Waals surface area contributed by atoms with Crippen LogP contribution in [0.3, 0.4) is 0 Å². The molecule has 1 heterocycles. The maximum absolute atomic E-state index is 12.0. The zero-order valence-corrected chi connectivity index (χ0v) is 9.98. The van der Waals surface area contributed by atoms with Crippen LogP contribution in [0, 0.1) is 0 Å². The molecule has 2 amide bonds. The van der Waals surface area contributed by atoms with Crippen molar-refractivity contribution in [2.45, 2.75) is 63.6 Å². The summed E-state index contributed by atoms with van der Waals surface area (Å²) in [5.74, 6) is 0. The molecule has 1 saturated carbocycles. The molecule has 2 rings (SSSR count). The minimum Gasteiger partial charge on any atom is -0.391 e. The van der Waals surface area contributed by atoms with Gasteiger partial charge in [-0.25, -0.2) is 4.79 Å². The number of hydrogen-bond acceptors (Lipinski definition) is 2. The van der Waals surface area contributed by atoms with Gasteiger partial charge in [0.1, 0.15) is 0 Å². The van der Waals surface area contributed by atoms with Gasteiger partial charge in [0.2, 0.25) is 0 Å². The van der Waals surface area contributed by atoms with Crippen molar-refractivity contribution in [1.29, 1.82) is 0 Å². The Morgan fingerprint density at radius 1 is 1.44 bits per heavy atom. The fourth-order valence-electron chi connectivity index (χ4n) is 2.37. The van der Waals surface area contributed by atoms with Gasteiger partial charge < -0.3 is 15.3 Å². The van der Waals surface area contributed by atoms with E-state index in [4.69, 9.17) is 0 Å². The summed E-state index contributed by atoms with van der Waals surface area (Å²) in [5.41, 5.74) is 0. The van der Waals surface area contributed by atoms with Gasteiger partial charge in [0.15, 0.2) is 0 Å². The lowest BCUT2D eigenvalue weighted by Crippen LogP contribution is -2.53. The lowest BCUT2D eigenvalue weighted by Gasteiger charge is -2.38. The minimum absolute atomic E-state index is 0.0255. The molecule has 0 radical (unpaired) electrons. The highest BCUT2D eigenvalue weighted by atomic mass is 16.3. The van der Waals surface area contributed by atoms with E-state index in [1.807, 2.05) is 11.8 Å². The average molecular weight is 226 g/mol. The molecule has 16 heavy (non-hydrogen) atoms. The van der Waals surface area contributed by atoms with Crippen LogP contribution in [-0.2, 0) is 0 Å². The summed E-state index contributed by atoms with van der Waals surface area (Å²) in [5, 5.41) is 12.9. The molecule has 2 aliphatic rings. The van der Waals surface area contributed by atoms with Crippen LogP contribution < -0.4 is 5.32 Å². The van der Waals surface area contributed by atoms with Gasteiger partial charge in [0, 0.05) is 12.6 Å². The molecule has 2 atom stereocenters. The monoisotopic (exact) mass is 226 g/mol. The van der Waals surface area contributed by atoms with Crippen molar-refractivity contribution < 1.29 is 9.90 Å². The number of amides is 2. The molecule has 4 heteroatoms. The molecule has 0 aromatic rings. The van der Waals surface area contributed by atoms with Crippen molar-refractivity contribution in [3.8, 4) is 0 Å². The van der Waals surface area contributed by atoms with E-state index in [1.165, 1.54) is 0 Å². The number of piperidine rings is 1. The molecule has 4 nitrogen and oxygen atoms in total. The smallest absolute Gasteiger partial charge is 0.317 e. The minimum atomic E-state index is -0.370. The zero-order valence-electron chi connectivity index (χ0n) is 9.98. The van der Waals surface area contributed by atoms with Crippen molar-refractivity contribution in [1.82, 2.24) is 10.2 Å². The van der Waals surface area contributed by atoms with Crippen molar-refractivity contribution in [2.24, 2.45) is 0 Å². The van der Waals surface area contributed by atoms with Gasteiger partial charge in [-0.1, -0.05) is 6.92 Å². The Hall–Kier alpha value is -0.770. The number of aliphatic hydroxyl groups is 1. The molecule has 2 N–H and O–H groups in total. The quantitative estimate of drug-likeness (QED) is 0.766. The number of urea groups is 1. The third kappa shape index (κ3) is 2.67. The fraction of sp³-hybridized carbons (Fsp3) is 0.917. The highest BCUT2D eigenvalue weighted by Crippen LogP contribution is 2.23. The van der Waals surface area contributed by atoms with E-state index in [0.717, 1.165) is 45.1 Å². The Labute approximate surface area is 97.0 Å². The molecule has 92 valence electrons. The standard InChI is InChI=1S/C12H22N2O2/c1-2-11(15)10-5-3-4-8-14(10)12(16)13-9-6-7-9/h9-11,15H,2-8H2,1H3,(H,13,16). The van der Waals surface area contributed by atoms with Crippen LogP contribution in [0.4, 0.5) is 4.79 Å². The van der Waals surface area contributed by atoms with Crippen molar-refractivity contribution in [3.05, 3.63) is 0 Å². The van der Waals surface area contributed by atoms with Gasteiger partial charge in [-0.15, -0.1) is 0 Å². The fourth-order valence-corrected chi connectivity index (χ4v) is 2.37. The SMILES string of the molecule is CCC(O)C1CCCCN1C(=O)NC1CC1. The predicted octanol–water partition coefficient (Wildman–Crippen LogP) is 1.48. The molecule has 2 fully saturated rings. The van der Waals surface area contributed by atoms with Crippen LogP contribution in [0.25, 0.3) is 0 Å². The molecule has 1 aliphatic heterocycles. The maximum atomic E-state index is 12.0. The molecule has 2 unspecified atom stereocenters. The lowest BCUT2D eigenvalue weighted by molar-refractivity contribution is 0.0433. The summed E-state index contributed by atoms with van der Waals surface area (Å²) in [4.78, 5) is 13.8. The van der Waals surface area contributed by atoms with Crippen molar-refractivity contribution in [2.75, 3.05) is 6.54 Å². The summed E-state index contributed by atoms with van der Waals surface area (Å²) < 4.78 is 0. The van der Waals surface area contributed by atoms with E-state index in [9.17, 15) is 9.90 Å². The number of aliphatic hydroxyl groups excluding tert-OH is 1. The Morgan fingerprint density at radius 3 is 2.81 bits per heavy atom. The predicted molar refractivity (Wildman–Crippen MR) is 62.2 cm³/mol. The van der Waals surface area contributed by atoms with E-state index >= 15 is 0 Å². The third-order valence-electron chi connectivity index (χ3n) is 3.58. The lowest BCUT2D eigenvalue weighted by atomic mass is 9.96. The van der Waals surface area contributed by atoms with Gasteiger partial charge in [-0.2, -0.15) is 0 Å². The highest BCUT2D eigenvalue weighted by Gasteiger charge is 2.33. The Balaban J connectivity index is 1.94. The topological polar surface area (TPSA) is 52.6 Å². The summed E-state index contributed by atoms with van der Waals surface area (Å²) in [6.45, 7) is 2.76. The van der Waals surface area contributed by atoms with Crippen molar-refractivity contribution in [3.63, 3.8) is 0 Å². The average Bonchev–Trinajstić information content (AvgIpc) is 3.12. The Bertz CT molecular complexity index is 253. The molecule has 1 aliphatic carbocycles. The third-order valence-corrected chi connectivity index (χ3v) is 3.58.